The first-order chi connectivity index (χ1) is 8.09. The van der Waals surface area contributed by atoms with Gasteiger partial charge in [-0.15, -0.1) is 0 Å². The third-order valence-electron chi connectivity index (χ3n) is 2.56. The summed E-state index contributed by atoms with van der Waals surface area (Å²) in [7, 11) is 3.42. The van der Waals surface area contributed by atoms with Crippen molar-refractivity contribution in [1.29, 1.82) is 0 Å². The van der Waals surface area contributed by atoms with Gasteiger partial charge < -0.3 is 14.6 Å². The molecule has 0 fully saturated rings. The van der Waals surface area contributed by atoms with Crippen LogP contribution in [0.1, 0.15) is 10.5 Å². The molecule has 1 aromatic heterocycles. The van der Waals surface area contributed by atoms with E-state index >= 15 is 0 Å². The molecule has 0 saturated heterocycles. The van der Waals surface area contributed by atoms with E-state index in [-0.39, 0.29) is 11.7 Å². The van der Waals surface area contributed by atoms with Crippen molar-refractivity contribution in [3.05, 3.63) is 42.5 Å². The van der Waals surface area contributed by atoms with E-state index in [1.807, 2.05) is 0 Å². The molecule has 17 heavy (non-hydrogen) atoms. The lowest BCUT2D eigenvalue weighted by atomic mass is 10.2. The van der Waals surface area contributed by atoms with Gasteiger partial charge in [0, 0.05) is 25.8 Å². The molecule has 0 bridgehead atoms. The predicted octanol–water partition coefficient (Wildman–Crippen LogP) is 1.40. The van der Waals surface area contributed by atoms with Gasteiger partial charge in [-0.25, -0.2) is 4.98 Å². The molecule has 88 valence electrons. The predicted molar refractivity (Wildman–Crippen MR) is 64.0 cm³/mol. The minimum atomic E-state index is -0.171. The van der Waals surface area contributed by atoms with Gasteiger partial charge in [-0.1, -0.05) is 6.07 Å². The Morgan fingerprint density at radius 3 is 2.82 bits per heavy atom. The molecular weight excluding hydrogens is 218 g/mol. The van der Waals surface area contributed by atoms with Crippen LogP contribution in [0.25, 0.3) is 0 Å². The molecule has 2 rings (SSSR count). The summed E-state index contributed by atoms with van der Waals surface area (Å²) in [6.07, 6.45) is 3.09. The number of phenolic OH excluding ortho intramolecular Hbond substituents is 1. The normalized spacial score (nSPS) is 10.2. The van der Waals surface area contributed by atoms with Crippen molar-refractivity contribution in [3.63, 3.8) is 0 Å². The largest absolute Gasteiger partial charge is 0.508 e. The number of aromatic hydroxyl groups is 1. The number of nitrogens with zero attached hydrogens (tertiary/aromatic N) is 3. The second-order valence-electron chi connectivity index (χ2n) is 3.77. The maximum atomic E-state index is 12.1. The highest BCUT2D eigenvalue weighted by atomic mass is 16.3. The summed E-state index contributed by atoms with van der Waals surface area (Å²) in [4.78, 5) is 17.5. The number of benzene rings is 1. The van der Waals surface area contributed by atoms with Gasteiger partial charge in [0.05, 0.1) is 12.5 Å². The maximum Gasteiger partial charge on any atom is 0.276 e. The summed E-state index contributed by atoms with van der Waals surface area (Å²) in [5, 5.41) is 9.37. The summed E-state index contributed by atoms with van der Waals surface area (Å²) in [6, 6.07) is 6.55. The average molecular weight is 231 g/mol. The van der Waals surface area contributed by atoms with Gasteiger partial charge >= 0.3 is 0 Å². The monoisotopic (exact) mass is 231 g/mol. The molecule has 1 aromatic carbocycles. The molecule has 1 N–H and O–H groups in total. The van der Waals surface area contributed by atoms with E-state index in [0.717, 1.165) is 0 Å². The summed E-state index contributed by atoms with van der Waals surface area (Å²) in [5.74, 6) is -0.0391. The third kappa shape index (κ3) is 2.13. The molecule has 0 atom stereocenters. The zero-order valence-corrected chi connectivity index (χ0v) is 9.66. The van der Waals surface area contributed by atoms with Crippen molar-refractivity contribution in [2.75, 3.05) is 11.9 Å². The smallest absolute Gasteiger partial charge is 0.276 e. The van der Waals surface area contributed by atoms with Crippen molar-refractivity contribution >= 4 is 11.6 Å². The number of aryl methyl sites for hydroxylation is 1. The van der Waals surface area contributed by atoms with Gasteiger partial charge in [0.1, 0.15) is 11.4 Å². The molecule has 0 spiro atoms. The Morgan fingerprint density at radius 2 is 2.24 bits per heavy atom. The Hall–Kier alpha value is -2.30. The van der Waals surface area contributed by atoms with E-state index < -0.39 is 0 Å². The van der Waals surface area contributed by atoms with Gasteiger partial charge in [-0.3, -0.25) is 4.79 Å². The second kappa shape index (κ2) is 4.29. The minimum absolute atomic E-state index is 0.132. The fourth-order valence-electron chi connectivity index (χ4n) is 1.55. The first-order valence-electron chi connectivity index (χ1n) is 5.13. The number of carbonyl (C=O) groups is 1. The van der Waals surface area contributed by atoms with E-state index in [0.29, 0.717) is 11.4 Å². The zero-order valence-electron chi connectivity index (χ0n) is 9.66. The fourth-order valence-corrected chi connectivity index (χ4v) is 1.55. The molecule has 5 nitrogen and oxygen atoms in total. The van der Waals surface area contributed by atoms with Crippen molar-refractivity contribution in [2.45, 2.75) is 0 Å². The number of anilines is 1. The van der Waals surface area contributed by atoms with Crippen molar-refractivity contribution < 1.29 is 9.90 Å². The van der Waals surface area contributed by atoms with Gasteiger partial charge in [0.2, 0.25) is 0 Å². The Labute approximate surface area is 98.9 Å². The fraction of sp³-hybridized carbons (Fsp3) is 0.167. The van der Waals surface area contributed by atoms with Crippen LogP contribution >= 0.6 is 0 Å². The highest BCUT2D eigenvalue weighted by Crippen LogP contribution is 2.20. The standard InChI is InChI=1S/C12H13N3O2/c1-14-8-13-7-11(14)12(17)15(2)9-4-3-5-10(16)6-9/h3-8,16H,1-2H3. The Balaban J connectivity index is 2.30. The molecule has 0 radical (unpaired) electrons. The van der Waals surface area contributed by atoms with Crippen molar-refractivity contribution in [1.82, 2.24) is 9.55 Å². The summed E-state index contributed by atoms with van der Waals surface area (Å²) < 4.78 is 1.65. The van der Waals surface area contributed by atoms with E-state index in [2.05, 4.69) is 4.98 Å². The first-order valence-corrected chi connectivity index (χ1v) is 5.13. The molecule has 0 unspecified atom stereocenters. The van der Waals surface area contributed by atoms with Crippen LogP contribution in [0.4, 0.5) is 5.69 Å². The number of hydrogen-bond donors (Lipinski definition) is 1. The third-order valence-corrected chi connectivity index (χ3v) is 2.56. The van der Waals surface area contributed by atoms with E-state index in [1.165, 1.54) is 17.2 Å². The van der Waals surface area contributed by atoms with Crippen LogP contribution in [0.5, 0.6) is 5.75 Å². The number of carbonyl (C=O) groups excluding carboxylic acids is 1. The maximum absolute atomic E-state index is 12.1. The number of imidazole rings is 1. The van der Waals surface area contributed by atoms with Crippen LogP contribution in [-0.4, -0.2) is 27.6 Å². The first kappa shape index (κ1) is 11.2. The van der Waals surface area contributed by atoms with Crippen LogP contribution in [-0.2, 0) is 7.05 Å². The van der Waals surface area contributed by atoms with Gasteiger partial charge in [-0.05, 0) is 12.1 Å². The van der Waals surface area contributed by atoms with E-state index in [1.54, 1.807) is 43.2 Å². The molecule has 1 amide bonds. The minimum Gasteiger partial charge on any atom is -0.508 e. The molecule has 0 aliphatic heterocycles. The average Bonchev–Trinajstić information content (AvgIpc) is 2.73. The summed E-state index contributed by atoms with van der Waals surface area (Å²) in [5.41, 5.74) is 1.13. The topological polar surface area (TPSA) is 58.4 Å². The van der Waals surface area contributed by atoms with Crippen LogP contribution < -0.4 is 4.90 Å². The highest BCUT2D eigenvalue weighted by Gasteiger charge is 2.16. The SMILES string of the molecule is CN(C(=O)c1cncn1C)c1cccc(O)c1. The van der Waals surface area contributed by atoms with Crippen molar-refractivity contribution in [3.8, 4) is 5.75 Å². The van der Waals surface area contributed by atoms with Crippen molar-refractivity contribution in [2.24, 2.45) is 7.05 Å². The van der Waals surface area contributed by atoms with Crippen LogP contribution in [0, 0.1) is 0 Å². The van der Waals surface area contributed by atoms with Gasteiger partial charge in [-0.2, -0.15) is 0 Å². The van der Waals surface area contributed by atoms with Gasteiger partial charge in [0.25, 0.3) is 5.91 Å². The molecule has 0 aliphatic rings. The van der Waals surface area contributed by atoms with Gasteiger partial charge in [0.15, 0.2) is 0 Å². The number of phenols is 1. The molecule has 5 heteroatoms. The Kier molecular flexibility index (Phi) is 2.82. The lowest BCUT2D eigenvalue weighted by molar-refractivity contribution is 0.0985. The highest BCUT2D eigenvalue weighted by molar-refractivity contribution is 6.04. The Bertz CT molecular complexity index is 548. The van der Waals surface area contributed by atoms with Crippen LogP contribution in [0.2, 0.25) is 0 Å². The Morgan fingerprint density at radius 1 is 1.47 bits per heavy atom. The summed E-state index contributed by atoms with van der Waals surface area (Å²) in [6.45, 7) is 0. The zero-order chi connectivity index (χ0) is 12.4. The molecule has 2 aromatic rings. The number of rotatable bonds is 2. The molecular formula is C12H13N3O2. The molecule has 1 heterocycles. The van der Waals surface area contributed by atoms with Crippen LogP contribution in [0.15, 0.2) is 36.8 Å². The van der Waals surface area contributed by atoms with E-state index in [9.17, 15) is 9.90 Å². The lowest BCUT2D eigenvalue weighted by Crippen LogP contribution is -2.27. The molecule has 0 aliphatic carbocycles. The number of aromatic nitrogens is 2. The number of amides is 1. The molecule has 0 saturated carbocycles. The number of hydrogen-bond acceptors (Lipinski definition) is 3. The quantitative estimate of drug-likeness (QED) is 0.850. The van der Waals surface area contributed by atoms with Crippen LogP contribution in [0.3, 0.4) is 0 Å². The van der Waals surface area contributed by atoms with E-state index in [4.69, 9.17) is 0 Å². The summed E-state index contributed by atoms with van der Waals surface area (Å²) >= 11 is 0. The lowest BCUT2D eigenvalue weighted by Gasteiger charge is -2.17. The second-order valence-corrected chi connectivity index (χ2v) is 3.77.